The maximum absolute atomic E-state index is 13.1. The van der Waals surface area contributed by atoms with E-state index < -0.39 is 0 Å². The Labute approximate surface area is 109 Å². The minimum absolute atomic E-state index is 0.0182. The van der Waals surface area contributed by atoms with Gasteiger partial charge in [0.25, 0.3) is 0 Å². The normalized spacial score (nSPS) is 10.3. The summed E-state index contributed by atoms with van der Waals surface area (Å²) in [4.78, 5) is 11.7. The molecule has 0 saturated heterocycles. The van der Waals surface area contributed by atoms with Crippen molar-refractivity contribution >= 4 is 17.2 Å². The van der Waals surface area contributed by atoms with Gasteiger partial charge < -0.3 is 5.32 Å². The molecule has 2 nitrogen and oxygen atoms in total. The molecular weight excluding hydrogens is 249 g/mol. The van der Waals surface area contributed by atoms with Gasteiger partial charge in [0.15, 0.2) is 0 Å². The average molecular weight is 263 g/mol. The molecule has 0 spiro atoms. The number of carbonyl (C=O) groups excluding carboxylic acids is 1. The van der Waals surface area contributed by atoms with Gasteiger partial charge >= 0.3 is 0 Å². The summed E-state index contributed by atoms with van der Waals surface area (Å²) in [5.74, 6) is -0.237. The van der Waals surface area contributed by atoms with Crippen molar-refractivity contribution in [3.63, 3.8) is 0 Å². The second-order valence-corrected chi connectivity index (χ2v) is 4.95. The molecule has 0 aliphatic rings. The maximum atomic E-state index is 13.1. The Morgan fingerprint density at radius 1 is 1.33 bits per heavy atom. The van der Waals surface area contributed by atoms with E-state index in [9.17, 15) is 9.18 Å². The Bertz CT molecular complexity index is 537. The highest BCUT2D eigenvalue weighted by Crippen LogP contribution is 2.09. The Hall–Kier alpha value is -1.68. The van der Waals surface area contributed by atoms with Crippen molar-refractivity contribution in [2.75, 3.05) is 0 Å². The van der Waals surface area contributed by atoms with Crippen LogP contribution in [0.15, 0.2) is 35.0 Å². The molecule has 0 unspecified atom stereocenters. The van der Waals surface area contributed by atoms with Crippen molar-refractivity contribution in [3.05, 3.63) is 57.5 Å². The lowest BCUT2D eigenvalue weighted by Gasteiger charge is -2.06. The molecule has 1 heterocycles. The molecule has 0 aliphatic heterocycles. The van der Waals surface area contributed by atoms with Gasteiger partial charge in [-0.1, -0.05) is 12.1 Å². The molecule has 1 aromatic carbocycles. The molecule has 1 amide bonds. The number of benzene rings is 1. The van der Waals surface area contributed by atoms with Crippen molar-refractivity contribution in [2.45, 2.75) is 19.9 Å². The molecule has 1 aromatic heterocycles. The van der Waals surface area contributed by atoms with E-state index in [4.69, 9.17) is 0 Å². The van der Waals surface area contributed by atoms with Crippen LogP contribution in [-0.4, -0.2) is 5.91 Å². The number of nitrogens with one attached hydrogen (secondary N) is 1. The number of thiophene rings is 1. The molecule has 2 rings (SSSR count). The smallest absolute Gasteiger partial charge is 0.224 e. The van der Waals surface area contributed by atoms with Crippen molar-refractivity contribution in [3.8, 4) is 0 Å². The molecular formula is C14H14FNOS. The van der Waals surface area contributed by atoms with Crippen molar-refractivity contribution in [2.24, 2.45) is 0 Å². The molecule has 0 fully saturated rings. The summed E-state index contributed by atoms with van der Waals surface area (Å²) in [5.41, 5.74) is 2.53. The standard InChI is InChI=1S/C14H14FNOS/c1-10-6-11(2-3-13(10)15)8-16-14(17)7-12-4-5-18-9-12/h2-6,9H,7-8H2,1H3,(H,16,17). The number of aryl methyl sites for hydroxylation is 1. The van der Waals surface area contributed by atoms with E-state index in [1.165, 1.54) is 6.07 Å². The van der Waals surface area contributed by atoms with Crippen LogP contribution < -0.4 is 5.32 Å². The van der Waals surface area contributed by atoms with Gasteiger partial charge in [0, 0.05) is 6.54 Å². The summed E-state index contributed by atoms with van der Waals surface area (Å²) in [6, 6.07) is 6.80. The molecule has 0 saturated carbocycles. The molecule has 0 aliphatic carbocycles. The zero-order chi connectivity index (χ0) is 13.0. The largest absolute Gasteiger partial charge is 0.352 e. The molecule has 0 radical (unpaired) electrons. The van der Waals surface area contributed by atoms with Crippen molar-refractivity contribution < 1.29 is 9.18 Å². The van der Waals surface area contributed by atoms with Crippen LogP contribution in [0.5, 0.6) is 0 Å². The monoisotopic (exact) mass is 263 g/mol. The Morgan fingerprint density at radius 2 is 2.17 bits per heavy atom. The van der Waals surface area contributed by atoms with Crippen LogP contribution in [0.3, 0.4) is 0 Å². The number of hydrogen-bond donors (Lipinski definition) is 1. The summed E-state index contributed by atoms with van der Waals surface area (Å²) in [6.45, 7) is 2.15. The molecule has 4 heteroatoms. The van der Waals surface area contributed by atoms with Gasteiger partial charge in [-0.3, -0.25) is 4.79 Å². The first-order chi connectivity index (χ1) is 8.65. The summed E-state index contributed by atoms with van der Waals surface area (Å²) >= 11 is 1.58. The van der Waals surface area contributed by atoms with E-state index in [2.05, 4.69) is 5.32 Å². The first-order valence-corrected chi connectivity index (χ1v) is 6.62. The second-order valence-electron chi connectivity index (χ2n) is 4.17. The van der Waals surface area contributed by atoms with Crippen LogP contribution >= 0.6 is 11.3 Å². The zero-order valence-corrected chi connectivity index (χ0v) is 10.9. The lowest BCUT2D eigenvalue weighted by Crippen LogP contribution is -2.24. The highest BCUT2D eigenvalue weighted by atomic mass is 32.1. The zero-order valence-electron chi connectivity index (χ0n) is 10.1. The minimum Gasteiger partial charge on any atom is -0.352 e. The highest BCUT2D eigenvalue weighted by Gasteiger charge is 2.04. The van der Waals surface area contributed by atoms with E-state index in [0.717, 1.165) is 11.1 Å². The Balaban J connectivity index is 1.87. The molecule has 18 heavy (non-hydrogen) atoms. The fraction of sp³-hybridized carbons (Fsp3) is 0.214. The maximum Gasteiger partial charge on any atom is 0.224 e. The number of rotatable bonds is 4. The Kier molecular flexibility index (Phi) is 4.10. The van der Waals surface area contributed by atoms with Crippen LogP contribution in [0.4, 0.5) is 4.39 Å². The first-order valence-electron chi connectivity index (χ1n) is 5.68. The highest BCUT2D eigenvalue weighted by molar-refractivity contribution is 7.07. The molecule has 1 N–H and O–H groups in total. The number of carbonyl (C=O) groups is 1. The van der Waals surface area contributed by atoms with Crippen molar-refractivity contribution in [1.29, 1.82) is 0 Å². The fourth-order valence-electron chi connectivity index (χ4n) is 1.66. The van der Waals surface area contributed by atoms with Crippen LogP contribution in [0, 0.1) is 12.7 Å². The van der Waals surface area contributed by atoms with Gasteiger partial charge in [-0.05, 0) is 46.5 Å². The van der Waals surface area contributed by atoms with E-state index >= 15 is 0 Å². The van der Waals surface area contributed by atoms with E-state index in [-0.39, 0.29) is 11.7 Å². The second kappa shape index (κ2) is 5.78. The molecule has 2 aromatic rings. The summed E-state index contributed by atoms with van der Waals surface area (Å²) in [6.07, 6.45) is 0.393. The van der Waals surface area contributed by atoms with E-state index in [1.807, 2.05) is 16.8 Å². The predicted molar refractivity (Wildman–Crippen MR) is 71.0 cm³/mol. The van der Waals surface area contributed by atoms with Crippen LogP contribution in [0.1, 0.15) is 16.7 Å². The lowest BCUT2D eigenvalue weighted by atomic mass is 10.1. The van der Waals surface area contributed by atoms with E-state index in [1.54, 1.807) is 30.4 Å². The lowest BCUT2D eigenvalue weighted by molar-refractivity contribution is -0.120. The quantitative estimate of drug-likeness (QED) is 0.902. The predicted octanol–water partition coefficient (Wildman–Crippen LogP) is 3.05. The van der Waals surface area contributed by atoms with Gasteiger partial charge in [0.2, 0.25) is 5.91 Å². The number of hydrogen-bond acceptors (Lipinski definition) is 2. The van der Waals surface area contributed by atoms with Gasteiger partial charge in [-0.2, -0.15) is 11.3 Å². The third kappa shape index (κ3) is 3.40. The fourth-order valence-corrected chi connectivity index (χ4v) is 2.33. The van der Waals surface area contributed by atoms with Gasteiger partial charge in [-0.25, -0.2) is 4.39 Å². The minimum atomic E-state index is -0.219. The average Bonchev–Trinajstić information content (AvgIpc) is 2.83. The number of amides is 1. The third-order valence-electron chi connectivity index (χ3n) is 2.66. The molecule has 94 valence electrons. The molecule has 0 atom stereocenters. The van der Waals surface area contributed by atoms with Crippen LogP contribution in [0.25, 0.3) is 0 Å². The van der Waals surface area contributed by atoms with Crippen molar-refractivity contribution in [1.82, 2.24) is 5.32 Å². The summed E-state index contributed by atoms with van der Waals surface area (Å²) in [7, 11) is 0. The molecule has 0 bridgehead atoms. The number of halogens is 1. The van der Waals surface area contributed by atoms with E-state index in [0.29, 0.717) is 18.5 Å². The van der Waals surface area contributed by atoms with Gasteiger partial charge in [0.1, 0.15) is 5.82 Å². The SMILES string of the molecule is Cc1cc(CNC(=O)Cc2ccsc2)ccc1F. The van der Waals surface area contributed by atoms with Gasteiger partial charge in [-0.15, -0.1) is 0 Å². The van der Waals surface area contributed by atoms with Crippen LogP contribution in [0.2, 0.25) is 0 Å². The first kappa shape index (κ1) is 12.8. The topological polar surface area (TPSA) is 29.1 Å². The Morgan fingerprint density at radius 3 is 2.83 bits per heavy atom. The summed E-state index contributed by atoms with van der Waals surface area (Å²) < 4.78 is 13.1. The van der Waals surface area contributed by atoms with Gasteiger partial charge in [0.05, 0.1) is 6.42 Å². The van der Waals surface area contributed by atoms with Crippen LogP contribution in [-0.2, 0) is 17.8 Å². The third-order valence-corrected chi connectivity index (χ3v) is 3.39. The summed E-state index contributed by atoms with van der Waals surface area (Å²) in [5, 5.41) is 6.74.